The molecule has 1 aromatic carbocycles. The number of nitrogens with one attached hydrogen (secondary N) is 1. The van der Waals surface area contributed by atoms with Crippen LogP contribution in [0.4, 0.5) is 5.69 Å². The van der Waals surface area contributed by atoms with Crippen LogP contribution in [0.15, 0.2) is 24.3 Å². The molecule has 2 bridgehead atoms. The fourth-order valence-corrected chi connectivity index (χ4v) is 5.02. The minimum absolute atomic E-state index is 0. The van der Waals surface area contributed by atoms with Crippen molar-refractivity contribution in [1.82, 2.24) is 4.90 Å². The van der Waals surface area contributed by atoms with Crippen LogP contribution in [0.1, 0.15) is 57.4 Å². The van der Waals surface area contributed by atoms with Crippen LogP contribution in [0.5, 0.6) is 0 Å². The molecular weight excluding hydrogens is 374 g/mol. The summed E-state index contributed by atoms with van der Waals surface area (Å²) >= 11 is 0. The molecule has 2 unspecified atom stereocenters. The molecule has 2 atom stereocenters. The average Bonchev–Trinajstić information content (AvgIpc) is 3.45. The van der Waals surface area contributed by atoms with Gasteiger partial charge in [0, 0.05) is 37.2 Å². The monoisotopic (exact) mass is 405 g/mol. The highest BCUT2D eigenvalue weighted by molar-refractivity contribution is 5.92. The Morgan fingerprint density at radius 2 is 1.68 bits per heavy atom. The summed E-state index contributed by atoms with van der Waals surface area (Å²) in [5.41, 5.74) is 8.29. The van der Waals surface area contributed by atoms with E-state index in [1.807, 2.05) is 29.2 Å². The molecule has 6 heteroatoms. The first-order valence-corrected chi connectivity index (χ1v) is 10.4. The number of hydrogen-bond donors (Lipinski definition) is 2. The maximum absolute atomic E-state index is 12.8. The van der Waals surface area contributed by atoms with Crippen molar-refractivity contribution in [2.24, 2.45) is 23.5 Å². The van der Waals surface area contributed by atoms with Crippen LogP contribution in [0, 0.1) is 17.8 Å². The molecule has 3 aliphatic carbocycles. The van der Waals surface area contributed by atoms with E-state index >= 15 is 0 Å². The number of carbonyl (C=O) groups is 2. The van der Waals surface area contributed by atoms with Gasteiger partial charge in [0.15, 0.2) is 0 Å². The standard InChI is InChI=1S/C22H31N3O2.ClH/c1-14(26)25(20-9-10-20)13-15-5-7-19(8-6-15)24-22(27)18-11-16-3-2-4-17(12-18)21(16)23;/h5-8,16-18,20-21H,2-4,9-13,23H2,1H3,(H,24,27);1H. The molecule has 0 radical (unpaired) electrons. The molecule has 3 saturated carbocycles. The molecule has 154 valence electrons. The third kappa shape index (κ3) is 4.69. The van der Waals surface area contributed by atoms with Gasteiger partial charge in [-0.1, -0.05) is 18.6 Å². The molecule has 0 aromatic heterocycles. The Kier molecular flexibility index (Phi) is 6.66. The van der Waals surface area contributed by atoms with Crippen molar-refractivity contribution in [3.8, 4) is 0 Å². The second-order valence-corrected chi connectivity index (χ2v) is 8.76. The van der Waals surface area contributed by atoms with Crippen LogP contribution in [0.2, 0.25) is 0 Å². The van der Waals surface area contributed by atoms with Gasteiger partial charge >= 0.3 is 0 Å². The molecule has 0 spiro atoms. The Hall–Kier alpha value is -1.59. The molecule has 3 fully saturated rings. The van der Waals surface area contributed by atoms with Crippen molar-refractivity contribution in [2.45, 2.75) is 70.5 Å². The molecule has 4 rings (SSSR count). The Balaban J connectivity index is 0.00000225. The van der Waals surface area contributed by atoms with Gasteiger partial charge in [0.1, 0.15) is 0 Å². The van der Waals surface area contributed by atoms with E-state index < -0.39 is 0 Å². The fraction of sp³-hybridized carbons (Fsp3) is 0.636. The van der Waals surface area contributed by atoms with Crippen molar-refractivity contribution in [1.29, 1.82) is 0 Å². The van der Waals surface area contributed by atoms with Crippen molar-refractivity contribution in [2.75, 3.05) is 5.32 Å². The van der Waals surface area contributed by atoms with Gasteiger partial charge in [-0.05, 0) is 68.1 Å². The molecule has 0 saturated heterocycles. The summed E-state index contributed by atoms with van der Waals surface area (Å²) < 4.78 is 0. The third-order valence-electron chi connectivity index (χ3n) is 6.75. The Morgan fingerprint density at radius 1 is 1.07 bits per heavy atom. The number of anilines is 1. The lowest BCUT2D eigenvalue weighted by molar-refractivity contribution is -0.130. The summed E-state index contributed by atoms with van der Waals surface area (Å²) in [6.45, 7) is 2.29. The molecule has 0 heterocycles. The highest BCUT2D eigenvalue weighted by Crippen LogP contribution is 2.42. The van der Waals surface area contributed by atoms with Gasteiger partial charge < -0.3 is 16.0 Å². The zero-order valence-corrected chi connectivity index (χ0v) is 17.4. The summed E-state index contributed by atoms with van der Waals surface area (Å²) in [5, 5.41) is 3.09. The minimum atomic E-state index is 0. The zero-order chi connectivity index (χ0) is 19.0. The summed E-state index contributed by atoms with van der Waals surface area (Å²) in [4.78, 5) is 26.5. The quantitative estimate of drug-likeness (QED) is 0.783. The third-order valence-corrected chi connectivity index (χ3v) is 6.75. The van der Waals surface area contributed by atoms with E-state index in [4.69, 9.17) is 5.73 Å². The summed E-state index contributed by atoms with van der Waals surface area (Å²) in [5.74, 6) is 1.37. The first kappa shape index (κ1) is 21.1. The maximum atomic E-state index is 12.8. The van der Waals surface area contributed by atoms with Gasteiger partial charge in [-0.2, -0.15) is 0 Å². The van der Waals surface area contributed by atoms with Crippen LogP contribution < -0.4 is 11.1 Å². The lowest BCUT2D eigenvalue weighted by atomic mass is 9.65. The molecule has 5 nitrogen and oxygen atoms in total. The van der Waals surface area contributed by atoms with Gasteiger partial charge in [0.25, 0.3) is 0 Å². The Bertz CT molecular complexity index is 690. The van der Waals surface area contributed by atoms with Crippen molar-refractivity contribution in [3.05, 3.63) is 29.8 Å². The number of rotatable bonds is 5. The van der Waals surface area contributed by atoms with Crippen LogP contribution >= 0.6 is 12.4 Å². The molecule has 28 heavy (non-hydrogen) atoms. The van der Waals surface area contributed by atoms with Crippen LogP contribution in [-0.4, -0.2) is 28.8 Å². The van der Waals surface area contributed by atoms with Crippen LogP contribution in [0.25, 0.3) is 0 Å². The fourth-order valence-electron chi connectivity index (χ4n) is 5.02. The zero-order valence-electron chi connectivity index (χ0n) is 16.6. The first-order chi connectivity index (χ1) is 13.0. The number of halogens is 1. The number of hydrogen-bond acceptors (Lipinski definition) is 3. The summed E-state index contributed by atoms with van der Waals surface area (Å²) in [7, 11) is 0. The van der Waals surface area contributed by atoms with Gasteiger partial charge in [-0.25, -0.2) is 0 Å². The van der Waals surface area contributed by atoms with Gasteiger partial charge in [0.05, 0.1) is 0 Å². The lowest BCUT2D eigenvalue weighted by Gasteiger charge is -2.43. The second kappa shape index (κ2) is 8.83. The van der Waals surface area contributed by atoms with Gasteiger partial charge in [-0.15, -0.1) is 12.4 Å². The van der Waals surface area contributed by atoms with E-state index in [0.29, 0.717) is 24.4 Å². The SMILES string of the molecule is CC(=O)N(Cc1ccc(NC(=O)C2CC3CCCC(C2)C3N)cc1)C1CC1.Cl. The normalized spacial score (nSPS) is 28.8. The minimum Gasteiger partial charge on any atom is -0.336 e. The average molecular weight is 406 g/mol. The Labute approximate surface area is 173 Å². The predicted octanol–water partition coefficient (Wildman–Crippen LogP) is 3.71. The highest BCUT2D eigenvalue weighted by Gasteiger charge is 2.40. The highest BCUT2D eigenvalue weighted by atomic mass is 35.5. The predicted molar refractivity (Wildman–Crippen MR) is 113 cm³/mol. The van der Waals surface area contributed by atoms with Crippen LogP contribution in [0.3, 0.4) is 0 Å². The van der Waals surface area contributed by atoms with Crippen molar-refractivity contribution >= 4 is 29.9 Å². The number of nitrogens with zero attached hydrogens (tertiary/aromatic N) is 1. The maximum Gasteiger partial charge on any atom is 0.227 e. The summed E-state index contributed by atoms with van der Waals surface area (Å²) in [6.07, 6.45) is 7.68. The van der Waals surface area contributed by atoms with Crippen molar-refractivity contribution in [3.63, 3.8) is 0 Å². The van der Waals surface area contributed by atoms with Crippen molar-refractivity contribution < 1.29 is 9.59 Å². The molecular formula is C22H32ClN3O2. The number of benzene rings is 1. The lowest BCUT2D eigenvalue weighted by Crippen LogP contribution is -2.48. The van der Waals surface area contributed by atoms with E-state index in [2.05, 4.69) is 5.32 Å². The molecule has 3 N–H and O–H groups in total. The molecule has 3 aliphatic rings. The largest absolute Gasteiger partial charge is 0.336 e. The van der Waals surface area contributed by atoms with E-state index in [1.165, 1.54) is 19.3 Å². The summed E-state index contributed by atoms with van der Waals surface area (Å²) in [6, 6.07) is 8.64. The molecule has 1 aromatic rings. The van der Waals surface area contributed by atoms with E-state index in [9.17, 15) is 9.59 Å². The number of fused-ring (bicyclic) bond motifs is 2. The number of carbonyl (C=O) groups excluding carboxylic acids is 2. The second-order valence-electron chi connectivity index (χ2n) is 8.76. The Morgan fingerprint density at radius 3 is 2.21 bits per heavy atom. The van der Waals surface area contributed by atoms with E-state index in [0.717, 1.165) is 36.9 Å². The molecule has 2 amide bonds. The smallest absolute Gasteiger partial charge is 0.227 e. The van der Waals surface area contributed by atoms with Gasteiger partial charge in [0.2, 0.25) is 11.8 Å². The first-order valence-electron chi connectivity index (χ1n) is 10.4. The number of nitrogens with two attached hydrogens (primary N) is 1. The van der Waals surface area contributed by atoms with Gasteiger partial charge in [-0.3, -0.25) is 9.59 Å². The van der Waals surface area contributed by atoms with E-state index in [-0.39, 0.29) is 36.2 Å². The van der Waals surface area contributed by atoms with Crippen LogP contribution in [-0.2, 0) is 16.1 Å². The number of amides is 2. The molecule has 0 aliphatic heterocycles. The van der Waals surface area contributed by atoms with E-state index in [1.54, 1.807) is 6.92 Å². The topological polar surface area (TPSA) is 75.4 Å².